The Labute approximate surface area is 109 Å². The summed E-state index contributed by atoms with van der Waals surface area (Å²) < 4.78 is 16.2. The van der Waals surface area contributed by atoms with Crippen molar-refractivity contribution in [3.8, 4) is 11.5 Å². The Morgan fingerprint density at radius 2 is 1.95 bits per heavy atom. The maximum atomic E-state index is 5.43. The highest BCUT2D eigenvalue weighted by molar-refractivity contribution is 6.13. The van der Waals surface area contributed by atoms with Crippen LogP contribution in [0, 0.1) is 6.92 Å². The van der Waals surface area contributed by atoms with Crippen molar-refractivity contribution in [2.24, 2.45) is 4.99 Å². The summed E-state index contributed by atoms with van der Waals surface area (Å²) in [6, 6.07) is 5.92. The quantitative estimate of drug-likeness (QED) is 0.784. The van der Waals surface area contributed by atoms with Crippen molar-refractivity contribution in [2.75, 3.05) is 13.3 Å². The van der Waals surface area contributed by atoms with E-state index < -0.39 is 0 Å². The Bertz CT molecular complexity index is 688. The van der Waals surface area contributed by atoms with Crippen molar-refractivity contribution in [3.05, 3.63) is 40.8 Å². The van der Waals surface area contributed by atoms with Crippen LogP contribution in [-0.4, -0.2) is 24.2 Å². The number of aryl methyl sites for hydroxylation is 1. The van der Waals surface area contributed by atoms with Crippen LogP contribution in [0.5, 0.6) is 11.5 Å². The second-order valence-electron chi connectivity index (χ2n) is 4.68. The molecule has 0 amide bonds. The minimum absolute atomic E-state index is 0.284. The number of benzene rings is 1. The Kier molecular flexibility index (Phi) is 2.15. The zero-order valence-corrected chi connectivity index (χ0v) is 10.5. The van der Waals surface area contributed by atoms with E-state index in [0.29, 0.717) is 5.76 Å². The van der Waals surface area contributed by atoms with Crippen LogP contribution in [0.4, 0.5) is 0 Å². The third-order valence-electron chi connectivity index (χ3n) is 3.37. The zero-order valence-electron chi connectivity index (χ0n) is 10.5. The van der Waals surface area contributed by atoms with Gasteiger partial charge in [0.15, 0.2) is 17.3 Å². The highest BCUT2D eigenvalue weighted by Crippen LogP contribution is 2.37. The average molecular weight is 256 g/mol. The van der Waals surface area contributed by atoms with Crippen LogP contribution in [0.2, 0.25) is 0 Å². The summed E-state index contributed by atoms with van der Waals surface area (Å²) >= 11 is 0. The van der Waals surface area contributed by atoms with E-state index in [0.717, 1.165) is 41.4 Å². The molecule has 1 aromatic heterocycles. The van der Waals surface area contributed by atoms with Crippen LogP contribution >= 0.6 is 0 Å². The molecule has 0 saturated heterocycles. The van der Waals surface area contributed by atoms with Gasteiger partial charge >= 0.3 is 0 Å². The monoisotopic (exact) mass is 256 g/mol. The summed E-state index contributed by atoms with van der Waals surface area (Å²) in [5.74, 6) is 2.29. The Morgan fingerprint density at radius 3 is 2.74 bits per heavy atom. The van der Waals surface area contributed by atoms with E-state index >= 15 is 0 Å². The molecule has 5 nitrogen and oxygen atoms in total. The number of rotatable bonds is 1. The molecule has 0 fully saturated rings. The van der Waals surface area contributed by atoms with Crippen molar-refractivity contribution in [1.82, 2.24) is 5.16 Å². The predicted octanol–water partition coefficient (Wildman–Crippen LogP) is 2.11. The molecule has 1 aromatic carbocycles. The molecule has 0 radical (unpaired) electrons. The summed E-state index contributed by atoms with van der Waals surface area (Å²) in [4.78, 5) is 4.57. The standard InChI is InChI=1S/C14H12N2O3/c1-8-4-13(19-16-8)14-10-6-12-11(17-7-18-12)5-9(10)2-3-15-14/h4-6H,2-3,7H2,1H3. The van der Waals surface area contributed by atoms with E-state index in [-0.39, 0.29) is 6.79 Å². The SMILES string of the molecule is Cc1cc(C2=NCCc3cc4c(cc32)OCO4)on1. The summed E-state index contributed by atoms with van der Waals surface area (Å²) in [6.45, 7) is 2.94. The van der Waals surface area contributed by atoms with Crippen molar-refractivity contribution in [2.45, 2.75) is 13.3 Å². The first-order chi connectivity index (χ1) is 9.31. The van der Waals surface area contributed by atoms with Gasteiger partial charge in [-0.3, -0.25) is 4.99 Å². The smallest absolute Gasteiger partial charge is 0.231 e. The molecule has 2 aromatic rings. The molecule has 0 saturated carbocycles. The molecule has 0 bridgehead atoms. The van der Waals surface area contributed by atoms with E-state index in [1.807, 2.05) is 25.1 Å². The van der Waals surface area contributed by atoms with Gasteiger partial charge in [0.2, 0.25) is 6.79 Å². The van der Waals surface area contributed by atoms with E-state index in [4.69, 9.17) is 14.0 Å². The van der Waals surface area contributed by atoms with Gasteiger partial charge < -0.3 is 14.0 Å². The first-order valence-electron chi connectivity index (χ1n) is 6.22. The molecule has 19 heavy (non-hydrogen) atoms. The minimum atomic E-state index is 0.284. The van der Waals surface area contributed by atoms with E-state index in [2.05, 4.69) is 10.1 Å². The minimum Gasteiger partial charge on any atom is -0.454 e. The highest BCUT2D eigenvalue weighted by atomic mass is 16.7. The molecule has 2 aliphatic rings. The molecule has 96 valence electrons. The molecule has 2 aliphatic heterocycles. The number of nitrogens with zero attached hydrogens (tertiary/aromatic N) is 2. The molecule has 5 heteroatoms. The molecule has 0 unspecified atom stereocenters. The number of hydrogen-bond acceptors (Lipinski definition) is 5. The maximum Gasteiger partial charge on any atom is 0.231 e. The van der Waals surface area contributed by atoms with Crippen LogP contribution in [0.1, 0.15) is 22.6 Å². The first-order valence-corrected chi connectivity index (χ1v) is 6.22. The van der Waals surface area contributed by atoms with Gasteiger partial charge in [-0.25, -0.2) is 0 Å². The molecule has 4 rings (SSSR count). The van der Waals surface area contributed by atoms with Gasteiger partial charge in [0.25, 0.3) is 0 Å². The first kappa shape index (κ1) is 10.6. The third-order valence-corrected chi connectivity index (χ3v) is 3.37. The number of ether oxygens (including phenoxy) is 2. The van der Waals surface area contributed by atoms with Crippen LogP contribution in [0.15, 0.2) is 27.7 Å². The van der Waals surface area contributed by atoms with Gasteiger partial charge in [0.1, 0.15) is 5.71 Å². The van der Waals surface area contributed by atoms with Gasteiger partial charge in [0, 0.05) is 18.2 Å². The largest absolute Gasteiger partial charge is 0.454 e. The lowest BCUT2D eigenvalue weighted by Gasteiger charge is -2.15. The van der Waals surface area contributed by atoms with Gasteiger partial charge in [-0.05, 0) is 31.0 Å². The summed E-state index contributed by atoms with van der Waals surface area (Å²) in [6.07, 6.45) is 0.905. The summed E-state index contributed by atoms with van der Waals surface area (Å²) in [5.41, 5.74) is 3.96. The van der Waals surface area contributed by atoms with Crippen LogP contribution in [0.25, 0.3) is 0 Å². The molecular weight excluding hydrogens is 244 g/mol. The van der Waals surface area contributed by atoms with Crippen LogP contribution in [0.3, 0.4) is 0 Å². The average Bonchev–Trinajstić information content (AvgIpc) is 3.03. The second kappa shape index (κ2) is 3.85. The van der Waals surface area contributed by atoms with Gasteiger partial charge in [-0.2, -0.15) is 0 Å². The second-order valence-corrected chi connectivity index (χ2v) is 4.68. The van der Waals surface area contributed by atoms with Gasteiger partial charge in [-0.15, -0.1) is 0 Å². The fourth-order valence-electron chi connectivity index (χ4n) is 2.47. The molecular formula is C14H12N2O3. The molecule has 0 aliphatic carbocycles. The lowest BCUT2D eigenvalue weighted by atomic mass is 9.95. The van der Waals surface area contributed by atoms with Crippen LogP contribution < -0.4 is 9.47 Å². The molecule has 3 heterocycles. The molecule has 0 atom stereocenters. The lowest BCUT2D eigenvalue weighted by molar-refractivity contribution is 0.174. The maximum absolute atomic E-state index is 5.43. The number of aromatic nitrogens is 1. The number of aliphatic imine (C=N–C) groups is 1. The summed E-state index contributed by atoms with van der Waals surface area (Å²) in [5, 5.41) is 3.93. The Hall–Kier alpha value is -2.30. The third kappa shape index (κ3) is 1.62. The normalized spacial score (nSPS) is 16.2. The predicted molar refractivity (Wildman–Crippen MR) is 68.0 cm³/mol. The van der Waals surface area contributed by atoms with Crippen molar-refractivity contribution in [1.29, 1.82) is 0 Å². The fraction of sp³-hybridized carbons (Fsp3) is 0.286. The van der Waals surface area contributed by atoms with E-state index in [1.165, 1.54) is 5.56 Å². The van der Waals surface area contributed by atoms with E-state index in [1.54, 1.807) is 0 Å². The Morgan fingerprint density at radius 1 is 1.11 bits per heavy atom. The molecule has 0 spiro atoms. The van der Waals surface area contributed by atoms with Gasteiger partial charge in [0.05, 0.1) is 5.69 Å². The number of fused-ring (bicyclic) bond motifs is 2. The molecule has 0 N–H and O–H groups in total. The number of hydrogen-bond donors (Lipinski definition) is 0. The zero-order chi connectivity index (χ0) is 12.8. The van der Waals surface area contributed by atoms with E-state index in [9.17, 15) is 0 Å². The van der Waals surface area contributed by atoms with Gasteiger partial charge in [-0.1, -0.05) is 5.16 Å². The Balaban J connectivity index is 1.86. The highest BCUT2D eigenvalue weighted by Gasteiger charge is 2.24. The fourth-order valence-corrected chi connectivity index (χ4v) is 2.47. The van der Waals surface area contributed by atoms with Crippen molar-refractivity contribution in [3.63, 3.8) is 0 Å². The lowest BCUT2D eigenvalue weighted by Crippen LogP contribution is -2.13. The van der Waals surface area contributed by atoms with Crippen molar-refractivity contribution < 1.29 is 14.0 Å². The topological polar surface area (TPSA) is 56.9 Å². The summed E-state index contributed by atoms with van der Waals surface area (Å²) in [7, 11) is 0. The van der Waals surface area contributed by atoms with Crippen LogP contribution in [-0.2, 0) is 6.42 Å². The van der Waals surface area contributed by atoms with Crippen molar-refractivity contribution >= 4 is 5.71 Å².